The van der Waals surface area contributed by atoms with Crippen LogP contribution in [0.3, 0.4) is 0 Å². The van der Waals surface area contributed by atoms with Gasteiger partial charge in [-0.3, -0.25) is 0 Å². The molecule has 0 aromatic carbocycles. The molecule has 11 heavy (non-hydrogen) atoms. The fourth-order valence-electron chi connectivity index (χ4n) is 0. The molecule has 11 heteroatoms. The first-order valence-corrected chi connectivity index (χ1v) is 15.7. The fraction of sp³-hybridized carbons (Fsp3) is 0. The number of hydrogen-bond donors (Lipinski definition) is 0. The van der Waals surface area contributed by atoms with Crippen LogP contribution in [0.4, 0.5) is 0 Å². The largest absolute Gasteiger partial charge is 2.00 e. The molecule has 0 aliphatic rings. The molecule has 0 radical (unpaired) electrons. The van der Waals surface area contributed by atoms with Gasteiger partial charge in [0.1, 0.15) is 0 Å². The van der Waals surface area contributed by atoms with E-state index in [1.54, 1.807) is 0 Å². The molecule has 0 aromatic rings. The van der Waals surface area contributed by atoms with E-state index >= 15 is 0 Å². The summed E-state index contributed by atoms with van der Waals surface area (Å²) in [5.41, 5.74) is 0. The van der Waals surface area contributed by atoms with Crippen molar-refractivity contribution < 1.29 is 0 Å². The third-order valence-corrected chi connectivity index (χ3v) is 0. The first-order valence-electron chi connectivity index (χ1n) is 1.75. The van der Waals surface area contributed by atoms with Crippen LogP contribution in [0.5, 0.6) is 0 Å². The zero-order chi connectivity index (χ0) is 9.00. The van der Waals surface area contributed by atoms with Crippen LogP contribution >= 0.6 is 80.4 Å². The molecular formula is Al2Cl8Sr. The first kappa shape index (κ1) is 21.2. The third kappa shape index (κ3) is 104. The van der Waals surface area contributed by atoms with E-state index in [0.29, 0.717) is 0 Å². The Morgan fingerprint density at radius 3 is 0.455 bits per heavy atom. The average molecular weight is 425 g/mol. The van der Waals surface area contributed by atoms with Crippen molar-refractivity contribution in [2.75, 3.05) is 0 Å². The second-order valence-electron chi connectivity index (χ2n) is 0.990. The van der Waals surface area contributed by atoms with Crippen LogP contribution in [0.1, 0.15) is 0 Å². The molecule has 0 spiro atoms. The Bertz CT molecular complexity index is 55.1. The summed E-state index contributed by atoms with van der Waals surface area (Å²) in [4.78, 5) is 0. The van der Waals surface area contributed by atoms with Crippen LogP contribution in [0, 0.1) is 0 Å². The molecule has 0 saturated heterocycles. The molecule has 0 fully saturated rings. The summed E-state index contributed by atoms with van der Waals surface area (Å²) in [7, 11) is 34.1. The van der Waals surface area contributed by atoms with Crippen molar-refractivity contribution in [3.05, 3.63) is 0 Å². The molecule has 0 N–H and O–H groups in total. The smallest absolute Gasteiger partial charge is 0.391 e. The van der Waals surface area contributed by atoms with E-state index in [4.69, 9.17) is 80.4 Å². The van der Waals surface area contributed by atoms with Gasteiger partial charge in [0.05, 0.1) is 0 Å². The Labute approximate surface area is 141 Å². The van der Waals surface area contributed by atoms with Gasteiger partial charge in [0, 0.05) is 0 Å². The Morgan fingerprint density at radius 1 is 0.455 bits per heavy atom. The SMILES string of the molecule is [Cl][Al-]([Cl])([Cl])[Cl].[Cl][Al-]([Cl])([Cl])[Cl].[Sr+2]. The minimum atomic E-state index is -2.94. The molecule has 0 unspecified atom stereocenters. The summed E-state index contributed by atoms with van der Waals surface area (Å²) in [6.45, 7) is 0. The van der Waals surface area contributed by atoms with Crippen LogP contribution in [0.15, 0.2) is 0 Å². The Morgan fingerprint density at radius 2 is 0.455 bits per heavy atom. The van der Waals surface area contributed by atoms with Gasteiger partial charge in [-0.25, -0.2) is 0 Å². The molecule has 0 aliphatic carbocycles. The summed E-state index contributed by atoms with van der Waals surface area (Å²) in [5, 5.41) is 0. The van der Waals surface area contributed by atoms with Gasteiger partial charge in [-0.05, 0) is 0 Å². The van der Waals surface area contributed by atoms with Gasteiger partial charge in [0.2, 0.25) is 0 Å². The van der Waals surface area contributed by atoms with Gasteiger partial charge in [-0.2, -0.15) is 0 Å². The standard InChI is InChI=1S/2Al.8ClH.Sr/h;;8*1H;/q2*+3;;;;;;;;;+2/p-8. The summed E-state index contributed by atoms with van der Waals surface area (Å²) in [5.74, 6) is 0. The van der Waals surface area contributed by atoms with Crippen molar-refractivity contribution in [2.24, 2.45) is 0 Å². The first-order chi connectivity index (χ1) is 4.00. The predicted molar refractivity (Wildman–Crippen MR) is 64.1 cm³/mol. The summed E-state index contributed by atoms with van der Waals surface area (Å²) in [6.07, 6.45) is 0. The normalized spacial score (nSPS) is 10.9. The topological polar surface area (TPSA) is 0 Å². The number of hydrogen-bond acceptors (Lipinski definition) is 0. The fourth-order valence-corrected chi connectivity index (χ4v) is 0. The van der Waals surface area contributed by atoms with Gasteiger partial charge in [0.25, 0.3) is 0 Å². The molecule has 0 amide bonds. The summed E-state index contributed by atoms with van der Waals surface area (Å²) in [6, 6.07) is 0. The van der Waals surface area contributed by atoms with Crippen molar-refractivity contribution in [1.29, 1.82) is 0 Å². The van der Waals surface area contributed by atoms with E-state index < -0.39 is 18.8 Å². The zero-order valence-electron chi connectivity index (χ0n) is 4.89. The maximum atomic E-state index is 4.99. The molecule has 0 aromatic heterocycles. The van der Waals surface area contributed by atoms with E-state index in [-0.39, 0.29) is 45.5 Å². The van der Waals surface area contributed by atoms with Gasteiger partial charge in [0.15, 0.2) is 0 Å². The Balaban J connectivity index is -0.000000107. The maximum absolute atomic E-state index is 4.99. The van der Waals surface area contributed by atoms with E-state index in [1.807, 2.05) is 0 Å². The quantitative estimate of drug-likeness (QED) is 0.506. The van der Waals surface area contributed by atoms with E-state index in [0.717, 1.165) is 0 Å². The van der Waals surface area contributed by atoms with Crippen molar-refractivity contribution in [3.8, 4) is 0 Å². The van der Waals surface area contributed by atoms with Crippen LogP contribution < -0.4 is 0 Å². The summed E-state index contributed by atoms with van der Waals surface area (Å²) >= 11 is 0. The van der Waals surface area contributed by atoms with Crippen molar-refractivity contribution in [2.45, 2.75) is 0 Å². The molecule has 0 aliphatic heterocycles. The van der Waals surface area contributed by atoms with Crippen LogP contribution in [0.2, 0.25) is 0 Å². The number of rotatable bonds is 0. The molecule has 0 rings (SSSR count). The minimum Gasteiger partial charge on any atom is -0.391 e. The molecular weight excluding hydrogens is 425 g/mol. The molecule has 0 bridgehead atoms. The van der Waals surface area contributed by atoms with Crippen molar-refractivity contribution in [1.82, 2.24) is 0 Å². The maximum Gasteiger partial charge on any atom is 2.00 e. The van der Waals surface area contributed by atoms with Gasteiger partial charge in [-0.15, -0.1) is 0 Å². The van der Waals surface area contributed by atoms with Gasteiger partial charge < -0.3 is 80.4 Å². The van der Waals surface area contributed by atoms with E-state index in [2.05, 4.69) is 0 Å². The van der Waals surface area contributed by atoms with Crippen molar-refractivity contribution >= 4 is 145 Å². The van der Waals surface area contributed by atoms with Crippen LogP contribution in [-0.2, 0) is 0 Å². The van der Waals surface area contributed by atoms with Crippen LogP contribution in [0.25, 0.3) is 0 Å². The molecule has 64 valence electrons. The van der Waals surface area contributed by atoms with E-state index in [1.165, 1.54) is 0 Å². The molecule has 0 nitrogen and oxygen atoms in total. The van der Waals surface area contributed by atoms with Crippen molar-refractivity contribution in [3.63, 3.8) is 0 Å². The number of halogens is 8. The molecule has 0 heterocycles. The monoisotopic (exact) mass is 422 g/mol. The van der Waals surface area contributed by atoms with Gasteiger partial charge in [-0.1, -0.05) is 0 Å². The third-order valence-electron chi connectivity index (χ3n) is 0. The zero-order valence-corrected chi connectivity index (χ0v) is 16.7. The average Bonchev–Trinajstić information content (AvgIpc) is 1.12. The predicted octanol–water partition coefficient (Wildman–Crippen LogP) is 4.37. The Hall–Kier alpha value is 4.87. The van der Waals surface area contributed by atoms with Crippen LogP contribution in [-0.4, -0.2) is 64.3 Å². The second kappa shape index (κ2) is 10.0. The molecule has 0 atom stereocenters. The van der Waals surface area contributed by atoms with E-state index in [9.17, 15) is 0 Å². The van der Waals surface area contributed by atoms with Gasteiger partial charge >= 0.3 is 64.3 Å². The minimum absolute atomic E-state index is 0. The second-order valence-corrected chi connectivity index (χ2v) is 26.7. The summed E-state index contributed by atoms with van der Waals surface area (Å²) < 4.78 is 0. The Kier molecular flexibility index (Phi) is 19.3. The molecule has 0 saturated carbocycles.